The Morgan fingerprint density at radius 1 is 1.37 bits per heavy atom. The highest BCUT2D eigenvalue weighted by molar-refractivity contribution is 5.89. The Morgan fingerprint density at radius 2 is 1.95 bits per heavy atom. The second-order valence-corrected chi connectivity index (χ2v) is 7.48. The average Bonchev–Trinajstić information content (AvgIpc) is 3.15. The number of aliphatic carboxylic acids is 1. The van der Waals surface area contributed by atoms with Crippen molar-refractivity contribution < 1.29 is 14.7 Å². The van der Waals surface area contributed by atoms with Crippen molar-refractivity contribution in [1.82, 2.24) is 4.90 Å². The summed E-state index contributed by atoms with van der Waals surface area (Å²) in [5.41, 5.74) is 5.94. The van der Waals surface area contributed by atoms with E-state index in [1.165, 1.54) is 4.90 Å². The molecule has 4 atom stereocenters. The summed E-state index contributed by atoms with van der Waals surface area (Å²) in [6.07, 6.45) is 2.28. The van der Waals surface area contributed by atoms with Crippen molar-refractivity contribution in [3.8, 4) is 0 Å². The lowest BCUT2D eigenvalue weighted by Crippen LogP contribution is -2.55. The van der Waals surface area contributed by atoms with Crippen molar-refractivity contribution in [3.05, 3.63) is 0 Å². The summed E-state index contributed by atoms with van der Waals surface area (Å²) in [6, 6.07) is -1.28. The number of nitrogens with two attached hydrogens (primary N) is 1. The van der Waals surface area contributed by atoms with Gasteiger partial charge >= 0.3 is 5.97 Å². The standard InChI is InChI=1S/C14H22N2O3/c1-13(2,3)10(15)11(17)16-6-7-8(9(16)12(18)19)14(7)4-5-14/h7-10H,4-6,15H2,1-3H3,(H,18,19)/t7-,8-,9-,10+/m0/s1. The lowest BCUT2D eigenvalue weighted by molar-refractivity contribution is -0.151. The van der Waals surface area contributed by atoms with Gasteiger partial charge in [0.15, 0.2) is 0 Å². The Morgan fingerprint density at radius 3 is 2.37 bits per heavy atom. The minimum Gasteiger partial charge on any atom is -0.480 e. The van der Waals surface area contributed by atoms with Crippen molar-refractivity contribution in [2.24, 2.45) is 28.4 Å². The number of likely N-dealkylation sites (tertiary alicyclic amines) is 1. The number of rotatable bonds is 2. The highest BCUT2D eigenvalue weighted by Crippen LogP contribution is 2.78. The number of carbonyl (C=O) groups is 2. The fourth-order valence-electron chi connectivity index (χ4n) is 3.87. The number of amides is 1. The van der Waals surface area contributed by atoms with Gasteiger partial charge in [-0.2, -0.15) is 0 Å². The Kier molecular flexibility index (Phi) is 2.38. The summed E-state index contributed by atoms with van der Waals surface area (Å²) in [4.78, 5) is 25.5. The molecule has 3 fully saturated rings. The van der Waals surface area contributed by atoms with E-state index in [1.807, 2.05) is 20.8 Å². The Balaban J connectivity index is 1.79. The SMILES string of the molecule is CC(C)(C)[C@H](N)C(=O)N1C[C@H]2[C@@H]([C@H]1C(=O)O)C21CC1. The van der Waals surface area contributed by atoms with Crippen molar-refractivity contribution >= 4 is 11.9 Å². The molecule has 19 heavy (non-hydrogen) atoms. The molecular weight excluding hydrogens is 244 g/mol. The molecule has 5 nitrogen and oxygen atoms in total. The zero-order chi connectivity index (χ0) is 14.2. The Bertz CT molecular complexity index is 450. The molecule has 1 spiro atoms. The molecule has 0 radical (unpaired) electrons. The average molecular weight is 266 g/mol. The van der Waals surface area contributed by atoms with Crippen molar-refractivity contribution in [2.45, 2.75) is 45.7 Å². The van der Waals surface area contributed by atoms with Crippen LogP contribution in [-0.4, -0.2) is 40.5 Å². The van der Waals surface area contributed by atoms with Crippen LogP contribution < -0.4 is 5.73 Å². The molecule has 3 rings (SSSR count). The zero-order valence-corrected chi connectivity index (χ0v) is 11.7. The van der Waals surface area contributed by atoms with E-state index in [9.17, 15) is 14.7 Å². The second kappa shape index (κ2) is 3.51. The normalized spacial score (nSPS) is 36.0. The van der Waals surface area contributed by atoms with Crippen LogP contribution in [0.3, 0.4) is 0 Å². The van der Waals surface area contributed by atoms with Gasteiger partial charge in [0.1, 0.15) is 6.04 Å². The lowest BCUT2D eigenvalue weighted by atomic mass is 9.86. The van der Waals surface area contributed by atoms with E-state index < -0.39 is 18.1 Å². The predicted molar refractivity (Wildman–Crippen MR) is 69.2 cm³/mol. The first-order valence-corrected chi connectivity index (χ1v) is 6.99. The van der Waals surface area contributed by atoms with E-state index in [-0.39, 0.29) is 22.7 Å². The van der Waals surface area contributed by atoms with E-state index in [0.29, 0.717) is 12.5 Å². The number of piperidine rings is 1. The molecular formula is C14H22N2O3. The smallest absolute Gasteiger partial charge is 0.326 e. The maximum atomic E-state index is 12.4. The topological polar surface area (TPSA) is 83.6 Å². The highest BCUT2D eigenvalue weighted by Gasteiger charge is 2.79. The van der Waals surface area contributed by atoms with Gasteiger partial charge < -0.3 is 15.7 Å². The van der Waals surface area contributed by atoms with Gasteiger partial charge in [-0.05, 0) is 29.6 Å². The van der Waals surface area contributed by atoms with Crippen LogP contribution in [0, 0.1) is 22.7 Å². The number of fused-ring (bicyclic) bond motifs is 3. The molecule has 2 aliphatic carbocycles. The quantitative estimate of drug-likeness (QED) is 0.770. The van der Waals surface area contributed by atoms with Gasteiger partial charge in [0.05, 0.1) is 6.04 Å². The summed E-state index contributed by atoms with van der Waals surface area (Å²) < 4.78 is 0. The fourth-order valence-corrected chi connectivity index (χ4v) is 3.87. The molecule has 3 N–H and O–H groups in total. The van der Waals surface area contributed by atoms with Gasteiger partial charge in [-0.15, -0.1) is 0 Å². The first-order chi connectivity index (χ1) is 8.70. The van der Waals surface area contributed by atoms with Crippen LogP contribution in [-0.2, 0) is 9.59 Å². The molecule has 1 heterocycles. The van der Waals surface area contributed by atoms with Crippen LogP contribution in [0.15, 0.2) is 0 Å². The third kappa shape index (κ3) is 1.64. The number of hydrogen-bond donors (Lipinski definition) is 2. The first-order valence-electron chi connectivity index (χ1n) is 6.99. The summed E-state index contributed by atoms with van der Waals surface area (Å²) >= 11 is 0. The molecule has 0 bridgehead atoms. The van der Waals surface area contributed by atoms with Crippen LogP contribution >= 0.6 is 0 Å². The van der Waals surface area contributed by atoms with Gasteiger partial charge in [0.25, 0.3) is 0 Å². The zero-order valence-electron chi connectivity index (χ0n) is 11.7. The lowest BCUT2D eigenvalue weighted by Gasteiger charge is -2.33. The minimum atomic E-state index is -0.870. The molecule has 0 aromatic rings. The molecule has 1 amide bonds. The largest absolute Gasteiger partial charge is 0.480 e. The summed E-state index contributed by atoms with van der Waals surface area (Å²) in [6.45, 7) is 6.31. The molecule has 106 valence electrons. The second-order valence-electron chi connectivity index (χ2n) is 7.48. The maximum Gasteiger partial charge on any atom is 0.326 e. The van der Waals surface area contributed by atoms with E-state index >= 15 is 0 Å². The maximum absolute atomic E-state index is 12.4. The van der Waals surface area contributed by atoms with E-state index in [2.05, 4.69) is 0 Å². The Hall–Kier alpha value is -1.10. The number of hydrogen-bond acceptors (Lipinski definition) is 3. The number of nitrogens with zero attached hydrogens (tertiary/aromatic N) is 1. The van der Waals surface area contributed by atoms with E-state index in [0.717, 1.165) is 12.8 Å². The van der Waals surface area contributed by atoms with E-state index in [1.54, 1.807) is 0 Å². The summed E-state index contributed by atoms with van der Waals surface area (Å²) in [7, 11) is 0. The molecule has 0 aromatic carbocycles. The molecule has 0 aromatic heterocycles. The number of carbonyl (C=O) groups excluding carboxylic acids is 1. The number of carboxylic acid groups (broad SMARTS) is 1. The van der Waals surface area contributed by atoms with Crippen LogP contribution in [0.2, 0.25) is 0 Å². The van der Waals surface area contributed by atoms with Crippen molar-refractivity contribution in [3.63, 3.8) is 0 Å². The molecule has 1 saturated heterocycles. The van der Waals surface area contributed by atoms with Gasteiger partial charge in [-0.1, -0.05) is 20.8 Å². The fraction of sp³-hybridized carbons (Fsp3) is 0.857. The van der Waals surface area contributed by atoms with Crippen LogP contribution in [0.5, 0.6) is 0 Å². The highest BCUT2D eigenvalue weighted by atomic mass is 16.4. The van der Waals surface area contributed by atoms with Crippen LogP contribution in [0.4, 0.5) is 0 Å². The minimum absolute atomic E-state index is 0.182. The Labute approximate surface area is 113 Å². The predicted octanol–water partition coefficient (Wildman–Crippen LogP) is 0.681. The molecule has 0 unspecified atom stereocenters. The number of carboxylic acids is 1. The molecule has 3 aliphatic rings. The molecule has 5 heteroatoms. The van der Waals surface area contributed by atoms with Crippen molar-refractivity contribution in [2.75, 3.05) is 6.54 Å². The molecule has 1 aliphatic heterocycles. The van der Waals surface area contributed by atoms with E-state index in [4.69, 9.17) is 5.73 Å². The van der Waals surface area contributed by atoms with Crippen LogP contribution in [0.1, 0.15) is 33.6 Å². The summed E-state index contributed by atoms with van der Waals surface area (Å²) in [5, 5.41) is 9.44. The first kappa shape index (κ1) is 12.9. The van der Waals surface area contributed by atoms with Crippen LogP contribution in [0.25, 0.3) is 0 Å². The van der Waals surface area contributed by atoms with Gasteiger partial charge in [0, 0.05) is 12.5 Å². The van der Waals surface area contributed by atoms with Gasteiger partial charge in [0.2, 0.25) is 5.91 Å². The third-order valence-electron chi connectivity index (χ3n) is 5.36. The van der Waals surface area contributed by atoms with Crippen molar-refractivity contribution in [1.29, 1.82) is 0 Å². The monoisotopic (exact) mass is 266 g/mol. The van der Waals surface area contributed by atoms with Gasteiger partial charge in [-0.3, -0.25) is 4.79 Å². The molecule has 2 saturated carbocycles. The third-order valence-corrected chi connectivity index (χ3v) is 5.36. The van der Waals surface area contributed by atoms with Gasteiger partial charge in [-0.25, -0.2) is 4.79 Å². The summed E-state index contributed by atoms with van der Waals surface area (Å²) in [5.74, 6) is -0.487.